The van der Waals surface area contributed by atoms with Gasteiger partial charge in [0.05, 0.1) is 7.11 Å². The van der Waals surface area contributed by atoms with Gasteiger partial charge in [0.2, 0.25) is 11.6 Å². The van der Waals surface area contributed by atoms with E-state index >= 15 is 0 Å². The predicted molar refractivity (Wildman–Crippen MR) is 117 cm³/mol. The number of para-hydroxylation sites is 1. The van der Waals surface area contributed by atoms with Crippen molar-refractivity contribution in [2.45, 2.75) is 0 Å². The number of Topliss-reactive ketones (excluding diaryl/α,β-unsaturated/α-hetero) is 2. The smallest absolute Gasteiger partial charge is 0.213 e. The molecule has 0 aromatic heterocycles. The summed E-state index contributed by atoms with van der Waals surface area (Å²) in [6.45, 7) is 0. The molecule has 0 bridgehead atoms. The van der Waals surface area contributed by atoms with Crippen molar-refractivity contribution in [3.05, 3.63) is 99.8 Å². The number of methoxy groups -OCH3 is 1. The van der Waals surface area contributed by atoms with E-state index in [9.17, 15) is 9.59 Å². The van der Waals surface area contributed by atoms with Crippen molar-refractivity contribution in [2.75, 3.05) is 17.7 Å². The van der Waals surface area contributed by atoms with E-state index in [-0.39, 0.29) is 23.0 Å². The molecule has 2 N–H and O–H groups in total. The van der Waals surface area contributed by atoms with Gasteiger partial charge in [-0.3, -0.25) is 9.59 Å². The molecule has 4 rings (SSSR count). The number of carbonyl (C=O) groups is 2. The average molecular weight is 449 g/mol. The van der Waals surface area contributed by atoms with E-state index in [0.717, 1.165) is 5.69 Å². The highest BCUT2D eigenvalue weighted by atomic mass is 79.9. The Morgan fingerprint density at radius 1 is 0.724 bits per heavy atom. The van der Waals surface area contributed by atoms with Gasteiger partial charge in [-0.15, -0.1) is 0 Å². The molecule has 0 atom stereocenters. The molecule has 144 valence electrons. The van der Waals surface area contributed by atoms with Crippen molar-refractivity contribution in [1.29, 1.82) is 0 Å². The van der Waals surface area contributed by atoms with E-state index < -0.39 is 0 Å². The van der Waals surface area contributed by atoms with E-state index in [4.69, 9.17) is 4.74 Å². The second-order valence-corrected chi connectivity index (χ2v) is 7.27. The number of benzene rings is 3. The van der Waals surface area contributed by atoms with Crippen LogP contribution in [0.25, 0.3) is 0 Å². The van der Waals surface area contributed by atoms with Crippen molar-refractivity contribution in [1.82, 2.24) is 0 Å². The Morgan fingerprint density at radius 2 is 1.34 bits per heavy atom. The van der Waals surface area contributed by atoms with Crippen LogP contribution in [-0.2, 0) is 0 Å². The number of nitrogens with one attached hydrogen (secondary N) is 2. The molecule has 0 saturated carbocycles. The lowest BCUT2D eigenvalue weighted by molar-refractivity contribution is 0.0976. The third-order valence-corrected chi connectivity index (χ3v) is 5.25. The van der Waals surface area contributed by atoms with Gasteiger partial charge >= 0.3 is 0 Å². The summed E-state index contributed by atoms with van der Waals surface area (Å²) >= 11 is 3.41. The molecule has 3 aromatic rings. The second kappa shape index (κ2) is 7.93. The summed E-state index contributed by atoms with van der Waals surface area (Å²) < 4.78 is 5.76. The quantitative estimate of drug-likeness (QED) is 0.556. The van der Waals surface area contributed by atoms with E-state index in [2.05, 4.69) is 26.6 Å². The van der Waals surface area contributed by atoms with E-state index in [1.807, 2.05) is 30.3 Å². The molecule has 0 fully saturated rings. The number of halogens is 1. The lowest BCUT2D eigenvalue weighted by atomic mass is 9.90. The molecule has 0 unspecified atom stereocenters. The molecular weight excluding hydrogens is 432 g/mol. The first-order valence-corrected chi connectivity index (χ1v) is 9.73. The maximum atomic E-state index is 13.3. The Labute approximate surface area is 176 Å². The SMILES string of the molecule is COc1ccc(NC2=C(Nc3ccccc3)C(=O)c3cccc(Br)c3C2=O)cc1. The van der Waals surface area contributed by atoms with Gasteiger partial charge in [0.25, 0.3) is 0 Å². The number of ether oxygens (including phenoxy) is 1. The summed E-state index contributed by atoms with van der Waals surface area (Å²) in [6.07, 6.45) is 0. The predicted octanol–water partition coefficient (Wildman–Crippen LogP) is 5.27. The molecular formula is C23H17BrN2O3. The van der Waals surface area contributed by atoms with E-state index in [0.29, 0.717) is 27.0 Å². The fourth-order valence-electron chi connectivity index (χ4n) is 3.15. The minimum Gasteiger partial charge on any atom is -0.497 e. The van der Waals surface area contributed by atoms with Gasteiger partial charge in [-0.05, 0) is 42.5 Å². The number of ketones is 2. The Hall–Kier alpha value is -3.38. The highest BCUT2D eigenvalue weighted by Crippen LogP contribution is 2.33. The maximum absolute atomic E-state index is 13.3. The largest absolute Gasteiger partial charge is 0.497 e. The summed E-state index contributed by atoms with van der Waals surface area (Å²) in [5.41, 5.74) is 2.52. The van der Waals surface area contributed by atoms with Crippen LogP contribution in [0.15, 0.2) is 88.7 Å². The fraction of sp³-hybridized carbons (Fsp3) is 0.0435. The summed E-state index contributed by atoms with van der Waals surface area (Å²) in [5.74, 6) is 0.188. The molecule has 0 saturated heterocycles. The van der Waals surface area contributed by atoms with Crippen LogP contribution < -0.4 is 15.4 Å². The molecule has 6 heteroatoms. The van der Waals surface area contributed by atoms with Crippen molar-refractivity contribution in [2.24, 2.45) is 0 Å². The average Bonchev–Trinajstić information content (AvgIpc) is 2.75. The first-order chi connectivity index (χ1) is 14.1. The number of rotatable bonds is 5. The van der Waals surface area contributed by atoms with Crippen LogP contribution in [0.2, 0.25) is 0 Å². The zero-order chi connectivity index (χ0) is 20.4. The van der Waals surface area contributed by atoms with Crippen LogP contribution in [0, 0.1) is 0 Å². The first-order valence-electron chi connectivity index (χ1n) is 8.94. The Bertz CT molecular complexity index is 1120. The standard InChI is InChI=1S/C23H17BrN2O3/c1-29-16-12-10-15(11-13-16)26-21-20(25-14-6-3-2-4-7-14)22(27)17-8-5-9-18(24)19(17)23(21)28/h2-13,25-26H,1H3. The third-order valence-electron chi connectivity index (χ3n) is 4.59. The van der Waals surface area contributed by atoms with Crippen molar-refractivity contribution < 1.29 is 14.3 Å². The first kappa shape index (κ1) is 19.0. The maximum Gasteiger partial charge on any atom is 0.213 e. The van der Waals surface area contributed by atoms with Gasteiger partial charge in [0, 0.05) is 27.0 Å². The molecule has 3 aromatic carbocycles. The van der Waals surface area contributed by atoms with Crippen molar-refractivity contribution >= 4 is 38.9 Å². The Morgan fingerprint density at radius 3 is 2.00 bits per heavy atom. The summed E-state index contributed by atoms with van der Waals surface area (Å²) in [5, 5.41) is 6.24. The third kappa shape index (κ3) is 3.67. The highest BCUT2D eigenvalue weighted by Gasteiger charge is 2.34. The zero-order valence-electron chi connectivity index (χ0n) is 15.5. The van der Waals surface area contributed by atoms with Crippen LogP contribution in [0.5, 0.6) is 5.75 Å². The van der Waals surface area contributed by atoms with E-state index in [1.165, 1.54) is 0 Å². The number of hydrogen-bond donors (Lipinski definition) is 2. The van der Waals surface area contributed by atoms with Crippen LogP contribution in [0.1, 0.15) is 20.7 Å². The molecule has 0 radical (unpaired) electrons. The summed E-state index contributed by atoms with van der Waals surface area (Å²) in [4.78, 5) is 26.6. The van der Waals surface area contributed by atoms with E-state index in [1.54, 1.807) is 49.6 Å². The number of anilines is 2. The van der Waals surface area contributed by atoms with Crippen LogP contribution >= 0.6 is 15.9 Å². The molecule has 5 nitrogen and oxygen atoms in total. The van der Waals surface area contributed by atoms with Crippen molar-refractivity contribution in [3.63, 3.8) is 0 Å². The monoisotopic (exact) mass is 448 g/mol. The van der Waals surface area contributed by atoms with Crippen LogP contribution in [-0.4, -0.2) is 18.7 Å². The zero-order valence-corrected chi connectivity index (χ0v) is 17.1. The number of fused-ring (bicyclic) bond motifs is 1. The highest BCUT2D eigenvalue weighted by molar-refractivity contribution is 9.10. The number of hydrogen-bond acceptors (Lipinski definition) is 5. The number of allylic oxidation sites excluding steroid dienone is 2. The molecule has 1 aliphatic rings. The minimum atomic E-state index is -0.263. The fourth-order valence-corrected chi connectivity index (χ4v) is 3.70. The Balaban J connectivity index is 1.81. The van der Waals surface area contributed by atoms with Crippen LogP contribution in [0.4, 0.5) is 11.4 Å². The molecule has 0 spiro atoms. The molecule has 0 heterocycles. The normalized spacial score (nSPS) is 13.2. The lowest BCUT2D eigenvalue weighted by Gasteiger charge is -2.24. The topological polar surface area (TPSA) is 67.4 Å². The molecule has 29 heavy (non-hydrogen) atoms. The van der Waals surface area contributed by atoms with Gasteiger partial charge in [-0.2, -0.15) is 0 Å². The van der Waals surface area contributed by atoms with Gasteiger partial charge in [0.1, 0.15) is 17.1 Å². The summed E-state index contributed by atoms with van der Waals surface area (Å²) in [6, 6.07) is 21.6. The number of carbonyl (C=O) groups excluding carboxylic acids is 2. The Kier molecular flexibility index (Phi) is 5.18. The van der Waals surface area contributed by atoms with Gasteiger partial charge < -0.3 is 15.4 Å². The van der Waals surface area contributed by atoms with Crippen LogP contribution in [0.3, 0.4) is 0 Å². The lowest BCUT2D eigenvalue weighted by Crippen LogP contribution is -2.30. The molecule has 1 aliphatic carbocycles. The van der Waals surface area contributed by atoms with Crippen molar-refractivity contribution in [3.8, 4) is 5.75 Å². The second-order valence-electron chi connectivity index (χ2n) is 6.42. The van der Waals surface area contributed by atoms with Gasteiger partial charge in [-0.1, -0.05) is 46.3 Å². The van der Waals surface area contributed by atoms with Gasteiger partial charge in [0.15, 0.2) is 0 Å². The summed E-state index contributed by atoms with van der Waals surface area (Å²) in [7, 11) is 1.59. The molecule has 0 amide bonds. The van der Waals surface area contributed by atoms with Gasteiger partial charge in [-0.25, -0.2) is 0 Å². The minimum absolute atomic E-state index is 0.198. The molecule has 0 aliphatic heterocycles.